The van der Waals surface area contributed by atoms with Gasteiger partial charge in [0.15, 0.2) is 5.65 Å². The van der Waals surface area contributed by atoms with Gasteiger partial charge in [0, 0.05) is 13.1 Å². The van der Waals surface area contributed by atoms with Crippen LogP contribution in [0.25, 0.3) is 11.0 Å². The van der Waals surface area contributed by atoms with Crippen LogP contribution in [0.1, 0.15) is 39.0 Å². The molecule has 0 unspecified atom stereocenters. The highest BCUT2D eigenvalue weighted by Crippen LogP contribution is 2.33. The van der Waals surface area contributed by atoms with Crippen LogP contribution in [0.2, 0.25) is 0 Å². The number of aromatic amines is 1. The number of aromatic nitrogens is 4. The van der Waals surface area contributed by atoms with E-state index in [1.807, 2.05) is 0 Å². The zero-order chi connectivity index (χ0) is 13.8. The number of rotatable bonds is 8. The first kappa shape index (κ1) is 13.1. The van der Waals surface area contributed by atoms with Gasteiger partial charge in [-0.15, -0.1) is 0 Å². The largest absolute Gasteiger partial charge is 0.369 e. The Morgan fingerprint density at radius 1 is 1.25 bits per heavy atom. The molecule has 2 heterocycles. The maximum absolute atomic E-state index is 4.55. The predicted octanol–water partition coefficient (Wildman–Crippen LogP) is 2.78. The Morgan fingerprint density at radius 2 is 2.15 bits per heavy atom. The second-order valence-corrected chi connectivity index (χ2v) is 5.47. The first-order chi connectivity index (χ1) is 9.86. The summed E-state index contributed by atoms with van der Waals surface area (Å²) in [4.78, 5) is 8.97. The van der Waals surface area contributed by atoms with E-state index in [-0.39, 0.29) is 0 Å². The Bertz CT molecular complexity index is 560. The van der Waals surface area contributed by atoms with Crippen molar-refractivity contribution < 1.29 is 0 Å². The summed E-state index contributed by atoms with van der Waals surface area (Å²) >= 11 is 0. The lowest BCUT2D eigenvalue weighted by atomic mass is 10.2. The molecule has 6 heteroatoms. The monoisotopic (exact) mass is 274 g/mol. The molecule has 3 N–H and O–H groups in total. The van der Waals surface area contributed by atoms with E-state index in [4.69, 9.17) is 0 Å². The average molecular weight is 274 g/mol. The van der Waals surface area contributed by atoms with E-state index < -0.39 is 0 Å². The molecule has 0 bridgehead atoms. The van der Waals surface area contributed by atoms with Gasteiger partial charge in [-0.1, -0.05) is 19.8 Å². The van der Waals surface area contributed by atoms with Crippen molar-refractivity contribution in [2.45, 2.75) is 39.0 Å². The fraction of sp³-hybridized carbons (Fsp3) is 0.643. The molecular weight excluding hydrogens is 252 g/mol. The summed E-state index contributed by atoms with van der Waals surface area (Å²) in [5.41, 5.74) is 0.781. The fourth-order valence-corrected chi connectivity index (χ4v) is 2.29. The summed E-state index contributed by atoms with van der Waals surface area (Å²) in [6.07, 6.45) is 8.20. The first-order valence-electron chi connectivity index (χ1n) is 7.55. The van der Waals surface area contributed by atoms with Crippen molar-refractivity contribution in [1.82, 2.24) is 20.2 Å². The number of fused-ring (bicyclic) bond motifs is 1. The number of nitrogens with one attached hydrogen (secondary N) is 3. The van der Waals surface area contributed by atoms with E-state index in [0.717, 1.165) is 42.3 Å². The van der Waals surface area contributed by atoms with Crippen molar-refractivity contribution in [2.75, 3.05) is 23.7 Å². The number of nitrogens with zero attached hydrogens (tertiary/aromatic N) is 3. The highest BCUT2D eigenvalue weighted by molar-refractivity contribution is 5.86. The lowest BCUT2D eigenvalue weighted by Crippen LogP contribution is -2.09. The van der Waals surface area contributed by atoms with Gasteiger partial charge >= 0.3 is 0 Å². The minimum absolute atomic E-state index is 0.660. The van der Waals surface area contributed by atoms with Gasteiger partial charge in [-0.3, -0.25) is 5.10 Å². The van der Waals surface area contributed by atoms with Crippen molar-refractivity contribution in [1.29, 1.82) is 0 Å². The number of anilines is 2. The second-order valence-electron chi connectivity index (χ2n) is 5.47. The van der Waals surface area contributed by atoms with Gasteiger partial charge in [-0.25, -0.2) is 0 Å². The number of hydrogen-bond donors (Lipinski definition) is 3. The molecule has 6 nitrogen and oxygen atoms in total. The molecule has 0 aromatic carbocycles. The van der Waals surface area contributed by atoms with Crippen LogP contribution in [0.4, 0.5) is 11.8 Å². The molecule has 1 fully saturated rings. The molecule has 1 aliphatic carbocycles. The van der Waals surface area contributed by atoms with E-state index in [1.165, 1.54) is 25.7 Å². The van der Waals surface area contributed by atoms with Crippen molar-refractivity contribution in [2.24, 2.45) is 5.92 Å². The first-order valence-corrected chi connectivity index (χ1v) is 7.55. The van der Waals surface area contributed by atoms with Crippen molar-refractivity contribution >= 4 is 22.8 Å². The third kappa shape index (κ3) is 3.18. The molecule has 0 radical (unpaired) electrons. The Kier molecular flexibility index (Phi) is 3.99. The van der Waals surface area contributed by atoms with E-state index >= 15 is 0 Å². The average Bonchev–Trinajstić information content (AvgIpc) is 3.16. The Hall–Kier alpha value is -1.85. The molecule has 0 spiro atoms. The van der Waals surface area contributed by atoms with Crippen LogP contribution in [0.3, 0.4) is 0 Å². The summed E-state index contributed by atoms with van der Waals surface area (Å²) < 4.78 is 0. The van der Waals surface area contributed by atoms with E-state index in [9.17, 15) is 0 Å². The summed E-state index contributed by atoms with van der Waals surface area (Å²) in [6, 6.07) is 0. The molecule has 2 aromatic heterocycles. The van der Waals surface area contributed by atoms with Crippen LogP contribution in [0.15, 0.2) is 6.20 Å². The van der Waals surface area contributed by atoms with Gasteiger partial charge in [-0.2, -0.15) is 15.1 Å². The van der Waals surface area contributed by atoms with Crippen LogP contribution < -0.4 is 10.6 Å². The Morgan fingerprint density at radius 3 is 2.95 bits per heavy atom. The molecule has 1 saturated carbocycles. The maximum atomic E-state index is 4.55. The Balaban J connectivity index is 1.67. The quantitative estimate of drug-likeness (QED) is 0.645. The summed E-state index contributed by atoms with van der Waals surface area (Å²) in [7, 11) is 0. The van der Waals surface area contributed by atoms with Crippen LogP contribution in [0.5, 0.6) is 0 Å². The zero-order valence-corrected chi connectivity index (χ0v) is 11.9. The van der Waals surface area contributed by atoms with Crippen molar-refractivity contribution in [3.8, 4) is 0 Å². The summed E-state index contributed by atoms with van der Waals surface area (Å²) in [6.45, 7) is 3.96. The van der Waals surface area contributed by atoms with Crippen LogP contribution >= 0.6 is 0 Å². The molecule has 20 heavy (non-hydrogen) atoms. The summed E-state index contributed by atoms with van der Waals surface area (Å²) in [5.74, 6) is 2.52. The molecule has 0 saturated heterocycles. The third-order valence-electron chi connectivity index (χ3n) is 3.62. The molecule has 0 amide bonds. The third-order valence-corrected chi connectivity index (χ3v) is 3.62. The second kappa shape index (κ2) is 6.07. The lowest BCUT2D eigenvalue weighted by Gasteiger charge is -2.09. The van der Waals surface area contributed by atoms with Gasteiger partial charge in [-0.05, 0) is 25.2 Å². The molecule has 0 atom stereocenters. The van der Waals surface area contributed by atoms with Gasteiger partial charge in [0.05, 0.1) is 11.6 Å². The van der Waals surface area contributed by atoms with Crippen LogP contribution in [0, 0.1) is 5.92 Å². The molecule has 108 valence electrons. The normalized spacial score (nSPS) is 14.7. The molecule has 3 rings (SSSR count). The van der Waals surface area contributed by atoms with E-state index in [2.05, 4.69) is 37.7 Å². The standard InChI is InChI=1S/C14H22N6/c1-2-7-16-14-18-12(11-9-17-20-13(11)19-14)15-8-3-4-10-5-6-10/h9-10H,2-8H2,1H3,(H3,15,16,17,18,19,20). The topological polar surface area (TPSA) is 78.5 Å². The van der Waals surface area contributed by atoms with E-state index in [0.29, 0.717) is 5.95 Å². The van der Waals surface area contributed by atoms with Crippen LogP contribution in [-0.4, -0.2) is 33.3 Å². The van der Waals surface area contributed by atoms with Crippen molar-refractivity contribution in [3.63, 3.8) is 0 Å². The molecule has 1 aliphatic rings. The lowest BCUT2D eigenvalue weighted by molar-refractivity contribution is 0.687. The van der Waals surface area contributed by atoms with E-state index in [1.54, 1.807) is 6.20 Å². The fourth-order valence-electron chi connectivity index (χ4n) is 2.29. The zero-order valence-electron chi connectivity index (χ0n) is 11.9. The van der Waals surface area contributed by atoms with Crippen molar-refractivity contribution in [3.05, 3.63) is 6.20 Å². The smallest absolute Gasteiger partial charge is 0.226 e. The highest BCUT2D eigenvalue weighted by Gasteiger charge is 2.20. The maximum Gasteiger partial charge on any atom is 0.226 e. The minimum atomic E-state index is 0.660. The van der Waals surface area contributed by atoms with Gasteiger partial charge in [0.2, 0.25) is 5.95 Å². The van der Waals surface area contributed by atoms with Gasteiger partial charge < -0.3 is 10.6 Å². The molecular formula is C14H22N6. The Labute approximate surface area is 118 Å². The van der Waals surface area contributed by atoms with Gasteiger partial charge in [0.1, 0.15) is 5.82 Å². The predicted molar refractivity (Wildman–Crippen MR) is 80.9 cm³/mol. The highest BCUT2D eigenvalue weighted by atomic mass is 15.2. The molecule has 0 aliphatic heterocycles. The number of H-pyrrole nitrogens is 1. The minimum Gasteiger partial charge on any atom is -0.369 e. The van der Waals surface area contributed by atoms with Crippen LogP contribution in [-0.2, 0) is 0 Å². The summed E-state index contributed by atoms with van der Waals surface area (Å²) in [5, 5.41) is 14.6. The SMILES string of the molecule is CCCNc1nc(NCCCC2CC2)c2cn[nH]c2n1. The molecule has 2 aromatic rings. The number of hydrogen-bond acceptors (Lipinski definition) is 5. The van der Waals surface area contributed by atoms with Gasteiger partial charge in [0.25, 0.3) is 0 Å².